The first-order valence-electron chi connectivity index (χ1n) is 6.63. The Labute approximate surface area is 112 Å². The molecule has 1 heterocycles. The van der Waals surface area contributed by atoms with Gasteiger partial charge in [0.05, 0.1) is 10.7 Å². The minimum absolute atomic E-state index is 0.366. The zero-order valence-corrected chi connectivity index (χ0v) is 11.9. The minimum Gasteiger partial charge on any atom is -0.465 e. The van der Waals surface area contributed by atoms with Crippen LogP contribution in [-0.2, 0) is 0 Å². The topological polar surface area (TPSA) is 33.4 Å². The number of hydrogen-bond acceptors (Lipinski definition) is 2. The van der Waals surface area contributed by atoms with Crippen LogP contribution in [0.3, 0.4) is 0 Å². The Morgan fingerprint density at radius 3 is 2.65 bits per heavy atom. The summed E-state index contributed by atoms with van der Waals surface area (Å²) >= 11 is 3.42. The molecule has 2 rings (SSSR count). The molecule has 1 aromatic rings. The van der Waals surface area contributed by atoms with Crippen LogP contribution in [0.15, 0.2) is 21.2 Å². The normalized spacial score (nSPS) is 27.0. The summed E-state index contributed by atoms with van der Waals surface area (Å²) in [4.78, 5) is 0. The molecule has 0 aromatic carbocycles. The lowest BCUT2D eigenvalue weighted by Gasteiger charge is -2.30. The molecule has 1 fully saturated rings. The third kappa shape index (κ3) is 3.14. The number of halogens is 1. The van der Waals surface area contributed by atoms with Gasteiger partial charge in [-0.25, -0.2) is 0 Å². The molecule has 3 heteroatoms. The molecule has 96 valence electrons. The van der Waals surface area contributed by atoms with Gasteiger partial charge in [0.2, 0.25) is 0 Å². The second-order valence-corrected chi connectivity index (χ2v) is 6.00. The summed E-state index contributed by atoms with van der Waals surface area (Å²) in [6.45, 7) is 2.25. The summed E-state index contributed by atoms with van der Waals surface area (Å²) in [6.07, 6.45) is 8.57. The van der Waals surface area contributed by atoms with Gasteiger partial charge >= 0.3 is 0 Å². The third-order valence-corrected chi connectivity index (χ3v) is 4.60. The number of furan rings is 1. The molecule has 1 aromatic heterocycles. The maximum Gasteiger partial charge on any atom is 0.146 e. The van der Waals surface area contributed by atoms with E-state index < -0.39 is 6.10 Å². The molecule has 0 amide bonds. The molecule has 1 saturated carbocycles. The lowest BCUT2D eigenvalue weighted by Crippen LogP contribution is -2.20. The molecule has 1 aliphatic carbocycles. The van der Waals surface area contributed by atoms with Gasteiger partial charge in [0.15, 0.2) is 0 Å². The number of aliphatic hydroxyl groups is 1. The fourth-order valence-electron chi connectivity index (χ4n) is 2.93. The van der Waals surface area contributed by atoms with Crippen molar-refractivity contribution in [1.82, 2.24) is 0 Å². The van der Waals surface area contributed by atoms with E-state index in [0.29, 0.717) is 11.7 Å². The van der Waals surface area contributed by atoms with E-state index in [1.807, 2.05) is 6.07 Å². The van der Waals surface area contributed by atoms with Gasteiger partial charge in [0.25, 0.3) is 0 Å². The highest BCUT2D eigenvalue weighted by Crippen LogP contribution is 2.40. The minimum atomic E-state index is -0.443. The van der Waals surface area contributed by atoms with Crippen LogP contribution in [0.4, 0.5) is 0 Å². The van der Waals surface area contributed by atoms with Crippen LogP contribution < -0.4 is 0 Å². The van der Waals surface area contributed by atoms with Crippen molar-refractivity contribution in [3.8, 4) is 0 Å². The van der Waals surface area contributed by atoms with Crippen LogP contribution >= 0.6 is 15.9 Å². The Hall–Kier alpha value is -0.280. The average Bonchev–Trinajstić information content (AvgIpc) is 2.76. The van der Waals surface area contributed by atoms with E-state index in [-0.39, 0.29) is 0 Å². The van der Waals surface area contributed by atoms with Crippen LogP contribution in [0.25, 0.3) is 0 Å². The Morgan fingerprint density at radius 1 is 1.41 bits per heavy atom. The highest BCUT2D eigenvalue weighted by molar-refractivity contribution is 9.10. The first-order chi connectivity index (χ1) is 8.22. The van der Waals surface area contributed by atoms with Crippen LogP contribution in [-0.4, -0.2) is 5.11 Å². The van der Waals surface area contributed by atoms with E-state index in [9.17, 15) is 5.11 Å². The molecule has 0 saturated heterocycles. The van der Waals surface area contributed by atoms with Gasteiger partial charge in [-0.15, -0.1) is 0 Å². The molecule has 1 N–H and O–H groups in total. The number of hydrogen-bond donors (Lipinski definition) is 1. The van der Waals surface area contributed by atoms with E-state index in [4.69, 9.17) is 4.42 Å². The van der Waals surface area contributed by atoms with Crippen LogP contribution in [0.5, 0.6) is 0 Å². The van der Waals surface area contributed by atoms with Crippen molar-refractivity contribution in [3.63, 3.8) is 0 Å². The lowest BCUT2D eigenvalue weighted by atomic mass is 9.77. The van der Waals surface area contributed by atoms with E-state index in [2.05, 4.69) is 22.9 Å². The molecule has 0 bridgehead atoms. The van der Waals surface area contributed by atoms with Crippen LogP contribution in [0.1, 0.15) is 57.3 Å². The van der Waals surface area contributed by atoms with Crippen LogP contribution in [0.2, 0.25) is 0 Å². The second kappa shape index (κ2) is 6.05. The molecule has 1 aliphatic rings. The Balaban J connectivity index is 1.90. The Kier molecular flexibility index (Phi) is 4.69. The first kappa shape index (κ1) is 13.2. The van der Waals surface area contributed by atoms with Gasteiger partial charge < -0.3 is 9.52 Å². The smallest absolute Gasteiger partial charge is 0.146 e. The highest BCUT2D eigenvalue weighted by atomic mass is 79.9. The predicted octanol–water partition coefficient (Wildman–Crippen LogP) is 4.68. The summed E-state index contributed by atoms with van der Waals surface area (Å²) in [5.74, 6) is 1.94. The fourth-order valence-corrected chi connectivity index (χ4v) is 3.37. The molecule has 0 radical (unpaired) electrons. The summed E-state index contributed by atoms with van der Waals surface area (Å²) in [7, 11) is 0. The van der Waals surface area contributed by atoms with Gasteiger partial charge in [-0.2, -0.15) is 0 Å². The zero-order valence-electron chi connectivity index (χ0n) is 10.4. The molecule has 2 nitrogen and oxygen atoms in total. The summed E-state index contributed by atoms with van der Waals surface area (Å²) in [5.41, 5.74) is 0. The first-order valence-corrected chi connectivity index (χ1v) is 7.42. The number of aliphatic hydroxyl groups excluding tert-OH is 1. The highest BCUT2D eigenvalue weighted by Gasteiger charge is 2.29. The molecular formula is C14H21BrO2. The van der Waals surface area contributed by atoms with Gasteiger partial charge in [-0.1, -0.05) is 32.6 Å². The van der Waals surface area contributed by atoms with Crippen molar-refractivity contribution in [1.29, 1.82) is 0 Å². The third-order valence-electron chi connectivity index (χ3n) is 3.95. The summed E-state index contributed by atoms with van der Waals surface area (Å²) < 4.78 is 6.25. The lowest BCUT2D eigenvalue weighted by molar-refractivity contribution is 0.0540. The maximum atomic E-state index is 10.3. The average molecular weight is 301 g/mol. The van der Waals surface area contributed by atoms with Gasteiger partial charge in [-0.05, 0) is 46.7 Å². The standard InChI is InChI=1S/C14H21BrO2/c1-2-3-10-4-6-11(7-5-10)13(16)14-12(15)8-9-17-14/h8-11,13,16H,2-7H2,1H3. The molecule has 1 unspecified atom stereocenters. The molecular weight excluding hydrogens is 280 g/mol. The fraction of sp³-hybridized carbons (Fsp3) is 0.714. The van der Waals surface area contributed by atoms with Gasteiger partial charge in [0, 0.05) is 0 Å². The predicted molar refractivity (Wildman–Crippen MR) is 71.7 cm³/mol. The van der Waals surface area contributed by atoms with E-state index in [1.165, 1.54) is 25.7 Å². The largest absolute Gasteiger partial charge is 0.465 e. The van der Waals surface area contributed by atoms with Crippen molar-refractivity contribution in [3.05, 3.63) is 22.6 Å². The Morgan fingerprint density at radius 2 is 2.12 bits per heavy atom. The molecule has 1 atom stereocenters. The van der Waals surface area contributed by atoms with Crippen LogP contribution in [0, 0.1) is 11.8 Å². The van der Waals surface area contributed by atoms with Gasteiger partial charge in [0.1, 0.15) is 11.9 Å². The zero-order chi connectivity index (χ0) is 12.3. The molecule has 0 aliphatic heterocycles. The van der Waals surface area contributed by atoms with Crippen molar-refractivity contribution >= 4 is 15.9 Å². The monoisotopic (exact) mass is 300 g/mol. The van der Waals surface area contributed by atoms with Crippen molar-refractivity contribution in [2.45, 2.75) is 51.6 Å². The van der Waals surface area contributed by atoms with Crippen molar-refractivity contribution < 1.29 is 9.52 Å². The summed E-state index contributed by atoms with van der Waals surface area (Å²) in [6, 6.07) is 1.85. The van der Waals surface area contributed by atoms with Crippen molar-refractivity contribution in [2.24, 2.45) is 11.8 Å². The quantitative estimate of drug-likeness (QED) is 0.875. The van der Waals surface area contributed by atoms with Crippen molar-refractivity contribution in [2.75, 3.05) is 0 Å². The Bertz CT molecular complexity index is 340. The second-order valence-electron chi connectivity index (χ2n) is 5.15. The molecule has 0 spiro atoms. The molecule has 17 heavy (non-hydrogen) atoms. The van der Waals surface area contributed by atoms with E-state index >= 15 is 0 Å². The van der Waals surface area contributed by atoms with E-state index in [0.717, 1.165) is 23.2 Å². The number of rotatable bonds is 4. The summed E-state index contributed by atoms with van der Waals surface area (Å²) in [5, 5.41) is 10.3. The van der Waals surface area contributed by atoms with Gasteiger partial charge in [-0.3, -0.25) is 0 Å². The van der Waals surface area contributed by atoms with E-state index in [1.54, 1.807) is 6.26 Å². The maximum absolute atomic E-state index is 10.3. The SMILES string of the molecule is CCCC1CCC(C(O)c2occc2Br)CC1.